The second-order valence-corrected chi connectivity index (χ2v) is 4.13. The maximum absolute atomic E-state index is 11.3. The second kappa shape index (κ2) is 7.01. The number of ether oxygens (including phenoxy) is 1. The lowest BCUT2D eigenvalue weighted by atomic mass is 10.0. The van der Waals surface area contributed by atoms with Crippen molar-refractivity contribution in [2.45, 2.75) is 26.3 Å². The van der Waals surface area contributed by atoms with Crippen LogP contribution in [0.1, 0.15) is 19.4 Å². The Morgan fingerprint density at radius 2 is 1.83 bits per heavy atom. The lowest BCUT2D eigenvalue weighted by Crippen LogP contribution is -2.42. The number of carbonyl (C=O) groups is 1. The summed E-state index contributed by atoms with van der Waals surface area (Å²) in [5.74, 6) is 0.0167. The van der Waals surface area contributed by atoms with Crippen molar-refractivity contribution in [1.29, 1.82) is 0 Å². The van der Waals surface area contributed by atoms with E-state index in [0.717, 1.165) is 24.4 Å². The molecule has 0 spiro atoms. The van der Waals surface area contributed by atoms with E-state index < -0.39 is 12.0 Å². The molecule has 1 N–H and O–H groups in total. The summed E-state index contributed by atoms with van der Waals surface area (Å²) in [6.07, 6.45) is 0.515. The molecule has 18 heavy (non-hydrogen) atoms. The van der Waals surface area contributed by atoms with E-state index in [4.69, 9.17) is 4.74 Å². The Kier molecular flexibility index (Phi) is 5.65. The van der Waals surface area contributed by atoms with Crippen LogP contribution in [0.5, 0.6) is 5.75 Å². The first kappa shape index (κ1) is 14.5. The summed E-state index contributed by atoms with van der Waals surface area (Å²) >= 11 is 0. The van der Waals surface area contributed by atoms with Gasteiger partial charge in [-0.05, 0) is 37.2 Å². The van der Waals surface area contributed by atoms with Crippen molar-refractivity contribution < 1.29 is 14.6 Å². The number of rotatable bonds is 7. The molecule has 1 aromatic carbocycles. The second-order valence-electron chi connectivity index (χ2n) is 4.13. The molecule has 0 heterocycles. The Labute approximate surface area is 108 Å². The quantitative estimate of drug-likeness (QED) is 0.805. The average Bonchev–Trinajstić information content (AvgIpc) is 2.39. The Morgan fingerprint density at radius 3 is 2.22 bits per heavy atom. The number of nitrogens with zero attached hydrogens (tertiary/aromatic N) is 1. The summed E-state index contributed by atoms with van der Waals surface area (Å²) in [5, 5.41) is 9.30. The number of hydrogen-bond donors (Lipinski definition) is 1. The lowest BCUT2D eigenvalue weighted by molar-refractivity contribution is -0.143. The average molecular weight is 251 g/mol. The number of hydrogen-bond acceptors (Lipinski definition) is 3. The normalized spacial score (nSPS) is 12.4. The molecule has 1 atom stereocenters. The number of carboxylic acid groups (broad SMARTS) is 1. The van der Waals surface area contributed by atoms with Crippen molar-refractivity contribution in [2.24, 2.45) is 0 Å². The number of benzene rings is 1. The van der Waals surface area contributed by atoms with Crippen LogP contribution in [-0.2, 0) is 11.2 Å². The molecule has 0 aliphatic heterocycles. The molecule has 1 aromatic rings. The zero-order valence-corrected chi connectivity index (χ0v) is 11.2. The molecule has 1 rings (SSSR count). The van der Waals surface area contributed by atoms with Crippen molar-refractivity contribution in [3.05, 3.63) is 29.8 Å². The maximum atomic E-state index is 11.3. The number of likely N-dealkylation sites (N-methyl/N-ethyl adjacent to an activating group) is 1. The monoisotopic (exact) mass is 251 g/mol. The van der Waals surface area contributed by atoms with Gasteiger partial charge in [-0.1, -0.05) is 26.0 Å². The van der Waals surface area contributed by atoms with Crippen molar-refractivity contribution in [1.82, 2.24) is 4.90 Å². The van der Waals surface area contributed by atoms with Crippen LogP contribution in [0.2, 0.25) is 0 Å². The van der Waals surface area contributed by atoms with Gasteiger partial charge in [0.1, 0.15) is 11.8 Å². The maximum Gasteiger partial charge on any atom is 0.321 e. The molecule has 0 bridgehead atoms. The highest BCUT2D eigenvalue weighted by molar-refractivity contribution is 5.74. The van der Waals surface area contributed by atoms with Crippen LogP contribution in [0.15, 0.2) is 24.3 Å². The largest absolute Gasteiger partial charge is 0.497 e. The number of carboxylic acids is 1. The van der Waals surface area contributed by atoms with Crippen LogP contribution >= 0.6 is 0 Å². The van der Waals surface area contributed by atoms with Gasteiger partial charge < -0.3 is 9.84 Å². The topological polar surface area (TPSA) is 49.8 Å². The Bertz CT molecular complexity index is 371. The van der Waals surface area contributed by atoms with Gasteiger partial charge in [0.15, 0.2) is 0 Å². The first-order valence-corrected chi connectivity index (χ1v) is 6.22. The smallest absolute Gasteiger partial charge is 0.321 e. The molecule has 0 aliphatic rings. The molecule has 0 aromatic heterocycles. The van der Waals surface area contributed by atoms with Gasteiger partial charge in [-0.2, -0.15) is 0 Å². The third kappa shape index (κ3) is 3.74. The van der Waals surface area contributed by atoms with Crippen LogP contribution in [0.25, 0.3) is 0 Å². The lowest BCUT2D eigenvalue weighted by Gasteiger charge is -2.26. The van der Waals surface area contributed by atoms with Gasteiger partial charge in [0, 0.05) is 0 Å². The first-order chi connectivity index (χ1) is 8.62. The molecule has 0 aliphatic carbocycles. The SMILES string of the molecule is CCN(CC)[C@@H](Cc1ccc(OC)cc1)C(=O)O. The summed E-state index contributed by atoms with van der Waals surface area (Å²) in [6, 6.07) is 7.08. The first-order valence-electron chi connectivity index (χ1n) is 6.22. The molecule has 0 fully saturated rings. The Hall–Kier alpha value is -1.55. The van der Waals surface area contributed by atoms with Crippen molar-refractivity contribution in [3.8, 4) is 5.75 Å². The van der Waals surface area contributed by atoms with Crippen LogP contribution in [-0.4, -0.2) is 42.2 Å². The van der Waals surface area contributed by atoms with Crippen molar-refractivity contribution in [2.75, 3.05) is 20.2 Å². The zero-order chi connectivity index (χ0) is 13.5. The summed E-state index contributed by atoms with van der Waals surface area (Å²) in [4.78, 5) is 13.3. The minimum atomic E-state index is -0.769. The minimum absolute atomic E-state index is 0.464. The third-order valence-electron chi connectivity index (χ3n) is 3.13. The molecular formula is C14H21NO3. The van der Waals surface area contributed by atoms with E-state index in [1.54, 1.807) is 7.11 Å². The molecule has 0 radical (unpaired) electrons. The molecule has 4 heteroatoms. The summed E-state index contributed by atoms with van der Waals surface area (Å²) < 4.78 is 5.08. The van der Waals surface area contributed by atoms with E-state index in [1.807, 2.05) is 43.0 Å². The molecule has 4 nitrogen and oxygen atoms in total. The van der Waals surface area contributed by atoms with E-state index in [1.165, 1.54) is 0 Å². The standard InChI is InChI=1S/C14H21NO3/c1-4-15(5-2)13(14(16)17)10-11-6-8-12(18-3)9-7-11/h6-9,13H,4-5,10H2,1-3H3,(H,16,17)/t13-/m0/s1. The van der Waals surface area contributed by atoms with Crippen LogP contribution in [0.4, 0.5) is 0 Å². The van der Waals surface area contributed by atoms with Crippen molar-refractivity contribution in [3.63, 3.8) is 0 Å². The molecule has 100 valence electrons. The highest BCUT2D eigenvalue weighted by atomic mass is 16.5. The summed E-state index contributed by atoms with van der Waals surface area (Å²) in [5.41, 5.74) is 1.01. The highest BCUT2D eigenvalue weighted by Gasteiger charge is 2.23. The van der Waals surface area contributed by atoms with Gasteiger partial charge >= 0.3 is 5.97 Å². The van der Waals surface area contributed by atoms with E-state index in [9.17, 15) is 9.90 Å². The van der Waals surface area contributed by atoms with Gasteiger partial charge in [-0.25, -0.2) is 0 Å². The molecule has 0 saturated carbocycles. The fraction of sp³-hybridized carbons (Fsp3) is 0.500. The zero-order valence-electron chi connectivity index (χ0n) is 11.2. The van der Waals surface area contributed by atoms with Gasteiger partial charge in [-0.3, -0.25) is 9.69 Å². The Morgan fingerprint density at radius 1 is 1.28 bits per heavy atom. The number of methoxy groups -OCH3 is 1. The molecule has 0 amide bonds. The van der Waals surface area contributed by atoms with E-state index in [2.05, 4.69) is 0 Å². The fourth-order valence-electron chi connectivity index (χ4n) is 2.02. The third-order valence-corrected chi connectivity index (χ3v) is 3.13. The Balaban J connectivity index is 2.79. The van der Waals surface area contributed by atoms with Crippen LogP contribution < -0.4 is 4.74 Å². The van der Waals surface area contributed by atoms with Gasteiger partial charge in [0.25, 0.3) is 0 Å². The number of aliphatic carboxylic acids is 1. The fourth-order valence-corrected chi connectivity index (χ4v) is 2.02. The van der Waals surface area contributed by atoms with Gasteiger partial charge in [0.2, 0.25) is 0 Å². The van der Waals surface area contributed by atoms with E-state index in [-0.39, 0.29) is 0 Å². The molecule has 0 saturated heterocycles. The predicted molar refractivity (Wildman–Crippen MR) is 71.0 cm³/mol. The minimum Gasteiger partial charge on any atom is -0.497 e. The van der Waals surface area contributed by atoms with Gasteiger partial charge in [0.05, 0.1) is 7.11 Å². The van der Waals surface area contributed by atoms with E-state index in [0.29, 0.717) is 6.42 Å². The van der Waals surface area contributed by atoms with E-state index >= 15 is 0 Å². The molecule has 0 unspecified atom stereocenters. The van der Waals surface area contributed by atoms with Gasteiger partial charge in [-0.15, -0.1) is 0 Å². The summed E-state index contributed by atoms with van der Waals surface area (Å²) in [6.45, 7) is 5.44. The van der Waals surface area contributed by atoms with Crippen molar-refractivity contribution >= 4 is 5.97 Å². The summed E-state index contributed by atoms with van der Waals surface area (Å²) in [7, 11) is 1.62. The molecular weight excluding hydrogens is 230 g/mol. The highest BCUT2D eigenvalue weighted by Crippen LogP contribution is 2.14. The van der Waals surface area contributed by atoms with Crippen LogP contribution in [0.3, 0.4) is 0 Å². The van der Waals surface area contributed by atoms with Crippen LogP contribution in [0, 0.1) is 0 Å². The predicted octanol–water partition coefficient (Wildman–Crippen LogP) is 2.03.